The van der Waals surface area contributed by atoms with Gasteiger partial charge in [-0.05, 0) is 30.3 Å². The Kier molecular flexibility index (Phi) is 1.77. The van der Waals surface area contributed by atoms with Crippen LogP contribution in [0.5, 0.6) is 0 Å². The summed E-state index contributed by atoms with van der Waals surface area (Å²) in [5.74, 6) is 1.11. The Morgan fingerprint density at radius 2 is 2.33 bits per heavy atom. The summed E-state index contributed by atoms with van der Waals surface area (Å²) >= 11 is 0. The summed E-state index contributed by atoms with van der Waals surface area (Å²) in [4.78, 5) is 0. The molecule has 3 atom stereocenters. The molecule has 3 aliphatic rings. The summed E-state index contributed by atoms with van der Waals surface area (Å²) in [6.45, 7) is 2.57. The maximum absolute atomic E-state index is 9.26. The van der Waals surface area contributed by atoms with Gasteiger partial charge in [0.15, 0.2) is 0 Å². The fraction of sp³-hybridized carbons (Fsp3) is 0.800. The van der Waals surface area contributed by atoms with Gasteiger partial charge in [0.05, 0.1) is 6.61 Å². The van der Waals surface area contributed by atoms with Gasteiger partial charge in [-0.25, -0.2) is 0 Å². The molecule has 2 heteroatoms. The molecule has 2 bridgehead atoms. The SMILES string of the molecule is C[C@@]1(CO)[C@@H]2CC=C(CO)[C@@H]1C2. The lowest BCUT2D eigenvalue weighted by atomic mass is 9.48. The minimum absolute atomic E-state index is 0.0762. The second kappa shape index (κ2) is 2.57. The number of fused-ring (bicyclic) bond motifs is 1. The standard InChI is InChI=1S/C10H16O2/c1-10(6-12)8-3-2-7(5-11)9(10)4-8/h2,8-9,11-12H,3-6H2,1H3/t8-,9+,10-/m1/s1. The van der Waals surface area contributed by atoms with Gasteiger partial charge in [-0.3, -0.25) is 0 Å². The van der Waals surface area contributed by atoms with E-state index in [1.165, 1.54) is 6.42 Å². The lowest BCUT2D eigenvalue weighted by Gasteiger charge is -2.57. The Balaban J connectivity index is 2.21. The molecule has 0 aromatic rings. The van der Waals surface area contributed by atoms with Gasteiger partial charge in [0.1, 0.15) is 0 Å². The smallest absolute Gasteiger partial charge is 0.0644 e. The van der Waals surface area contributed by atoms with Crippen molar-refractivity contribution < 1.29 is 10.2 Å². The third-order valence-corrected chi connectivity index (χ3v) is 3.88. The lowest BCUT2D eigenvalue weighted by Crippen LogP contribution is -2.52. The molecule has 3 aliphatic carbocycles. The highest BCUT2D eigenvalue weighted by molar-refractivity contribution is 5.24. The van der Waals surface area contributed by atoms with Gasteiger partial charge in [-0.1, -0.05) is 13.0 Å². The second-order valence-electron chi connectivity index (χ2n) is 4.32. The van der Waals surface area contributed by atoms with Crippen molar-refractivity contribution in [2.24, 2.45) is 17.3 Å². The van der Waals surface area contributed by atoms with Crippen molar-refractivity contribution in [1.29, 1.82) is 0 Å². The average Bonchev–Trinajstić information content (AvgIpc) is 2.16. The molecule has 1 saturated carbocycles. The van der Waals surface area contributed by atoms with Crippen LogP contribution in [0.25, 0.3) is 0 Å². The molecule has 2 N–H and O–H groups in total. The Hall–Kier alpha value is -0.340. The van der Waals surface area contributed by atoms with Crippen LogP contribution < -0.4 is 0 Å². The highest BCUT2D eigenvalue weighted by Crippen LogP contribution is 2.58. The quantitative estimate of drug-likeness (QED) is 0.602. The van der Waals surface area contributed by atoms with Crippen LogP contribution in [0.4, 0.5) is 0 Å². The van der Waals surface area contributed by atoms with Crippen molar-refractivity contribution >= 4 is 0 Å². The molecule has 0 aromatic heterocycles. The summed E-state index contributed by atoms with van der Waals surface area (Å²) < 4.78 is 0. The van der Waals surface area contributed by atoms with E-state index in [-0.39, 0.29) is 18.6 Å². The van der Waals surface area contributed by atoms with Gasteiger partial charge in [0.25, 0.3) is 0 Å². The van der Waals surface area contributed by atoms with E-state index in [9.17, 15) is 5.11 Å². The van der Waals surface area contributed by atoms with Gasteiger partial charge in [-0.15, -0.1) is 0 Å². The number of rotatable bonds is 2. The zero-order valence-electron chi connectivity index (χ0n) is 7.45. The summed E-state index contributed by atoms with van der Waals surface area (Å²) in [6.07, 6.45) is 4.36. The van der Waals surface area contributed by atoms with Crippen molar-refractivity contribution in [3.63, 3.8) is 0 Å². The van der Waals surface area contributed by atoms with Crippen LogP contribution in [0.15, 0.2) is 11.6 Å². The molecule has 2 nitrogen and oxygen atoms in total. The highest BCUT2D eigenvalue weighted by Gasteiger charge is 2.53. The number of aliphatic hydroxyl groups is 2. The maximum atomic E-state index is 9.26. The fourth-order valence-electron chi connectivity index (χ4n) is 2.74. The monoisotopic (exact) mass is 168 g/mol. The van der Waals surface area contributed by atoms with Crippen molar-refractivity contribution in [1.82, 2.24) is 0 Å². The van der Waals surface area contributed by atoms with E-state index in [4.69, 9.17) is 5.11 Å². The molecule has 3 rings (SSSR count). The molecule has 0 spiro atoms. The van der Waals surface area contributed by atoms with Gasteiger partial charge in [0, 0.05) is 12.0 Å². The van der Waals surface area contributed by atoms with Gasteiger partial charge in [-0.2, -0.15) is 0 Å². The van der Waals surface area contributed by atoms with Crippen LogP contribution >= 0.6 is 0 Å². The molecule has 0 radical (unpaired) electrons. The molecule has 68 valence electrons. The van der Waals surface area contributed by atoms with E-state index in [1.54, 1.807) is 0 Å². The predicted octanol–water partition coefficient (Wildman–Crippen LogP) is 0.944. The van der Waals surface area contributed by atoms with Crippen LogP contribution in [-0.2, 0) is 0 Å². The molecular formula is C10H16O2. The van der Waals surface area contributed by atoms with E-state index < -0.39 is 0 Å². The van der Waals surface area contributed by atoms with E-state index in [0.717, 1.165) is 12.0 Å². The molecule has 0 aliphatic heterocycles. The van der Waals surface area contributed by atoms with Crippen LogP contribution in [0, 0.1) is 17.3 Å². The fourth-order valence-corrected chi connectivity index (χ4v) is 2.74. The number of hydrogen-bond acceptors (Lipinski definition) is 2. The second-order valence-corrected chi connectivity index (χ2v) is 4.32. The zero-order valence-corrected chi connectivity index (χ0v) is 7.45. The molecular weight excluding hydrogens is 152 g/mol. The molecule has 0 aromatic carbocycles. The first-order valence-electron chi connectivity index (χ1n) is 4.63. The van der Waals surface area contributed by atoms with Gasteiger partial charge in [0.2, 0.25) is 0 Å². The van der Waals surface area contributed by atoms with E-state index in [0.29, 0.717) is 11.8 Å². The molecule has 0 heterocycles. The Labute approximate surface area is 72.9 Å². The van der Waals surface area contributed by atoms with Crippen LogP contribution in [0.3, 0.4) is 0 Å². The van der Waals surface area contributed by atoms with Crippen molar-refractivity contribution in [2.45, 2.75) is 19.8 Å². The lowest BCUT2D eigenvalue weighted by molar-refractivity contribution is -0.0717. The minimum Gasteiger partial charge on any atom is -0.396 e. The topological polar surface area (TPSA) is 40.5 Å². The van der Waals surface area contributed by atoms with Gasteiger partial charge >= 0.3 is 0 Å². The number of allylic oxidation sites excluding steroid dienone is 1. The van der Waals surface area contributed by atoms with Crippen molar-refractivity contribution in [3.8, 4) is 0 Å². The van der Waals surface area contributed by atoms with E-state index >= 15 is 0 Å². The largest absolute Gasteiger partial charge is 0.396 e. The Morgan fingerprint density at radius 3 is 2.83 bits per heavy atom. The predicted molar refractivity (Wildman–Crippen MR) is 46.6 cm³/mol. The first-order valence-corrected chi connectivity index (χ1v) is 4.63. The van der Waals surface area contributed by atoms with Crippen LogP contribution in [0.2, 0.25) is 0 Å². The number of hydrogen-bond donors (Lipinski definition) is 2. The number of aliphatic hydroxyl groups excluding tert-OH is 2. The van der Waals surface area contributed by atoms with E-state index in [1.807, 2.05) is 0 Å². The van der Waals surface area contributed by atoms with Crippen LogP contribution in [0.1, 0.15) is 19.8 Å². The summed E-state index contributed by atoms with van der Waals surface area (Å²) in [5, 5.41) is 18.3. The minimum atomic E-state index is 0.0762. The highest BCUT2D eigenvalue weighted by atomic mass is 16.3. The van der Waals surface area contributed by atoms with Gasteiger partial charge < -0.3 is 10.2 Å². The Morgan fingerprint density at radius 1 is 1.58 bits per heavy atom. The zero-order chi connectivity index (χ0) is 8.77. The van der Waals surface area contributed by atoms with Crippen molar-refractivity contribution in [3.05, 3.63) is 11.6 Å². The van der Waals surface area contributed by atoms with Crippen molar-refractivity contribution in [2.75, 3.05) is 13.2 Å². The molecule has 0 saturated heterocycles. The van der Waals surface area contributed by atoms with E-state index in [2.05, 4.69) is 13.0 Å². The third-order valence-electron chi connectivity index (χ3n) is 3.88. The molecule has 1 fully saturated rings. The first-order chi connectivity index (χ1) is 5.72. The molecule has 12 heavy (non-hydrogen) atoms. The third kappa shape index (κ3) is 0.824. The summed E-state index contributed by atoms with van der Waals surface area (Å²) in [7, 11) is 0. The Bertz CT molecular complexity index is 222. The maximum Gasteiger partial charge on any atom is 0.0644 e. The summed E-state index contributed by atoms with van der Waals surface area (Å²) in [5.41, 5.74) is 1.22. The average molecular weight is 168 g/mol. The molecule has 0 amide bonds. The summed E-state index contributed by atoms with van der Waals surface area (Å²) in [6, 6.07) is 0. The molecule has 0 unspecified atom stereocenters. The first kappa shape index (κ1) is 8.27. The normalized spacial score (nSPS) is 45.1. The van der Waals surface area contributed by atoms with Crippen LogP contribution in [-0.4, -0.2) is 23.4 Å².